The normalized spacial score (nSPS) is 12.3. The minimum atomic E-state index is -4.24. The number of anilines is 1. The van der Waals surface area contributed by atoms with E-state index in [1.165, 1.54) is 17.0 Å². The summed E-state index contributed by atoms with van der Waals surface area (Å²) in [7, 11) is -4.24. The number of hydrogen-bond acceptors (Lipinski definition) is 4. The van der Waals surface area contributed by atoms with Crippen LogP contribution in [0.4, 0.5) is 5.69 Å². The first kappa shape index (κ1) is 35.3. The Morgan fingerprint density at radius 1 is 0.826 bits per heavy atom. The summed E-state index contributed by atoms with van der Waals surface area (Å²) in [6.07, 6.45) is 0.172. The lowest BCUT2D eigenvalue weighted by atomic mass is 10.0. The number of carbonyl (C=O) groups excluding carboxylic acids is 2. The lowest BCUT2D eigenvalue weighted by Crippen LogP contribution is -2.56. The van der Waals surface area contributed by atoms with Crippen LogP contribution in [0.1, 0.15) is 37.5 Å². The quantitative estimate of drug-likeness (QED) is 0.174. The van der Waals surface area contributed by atoms with Crippen molar-refractivity contribution in [3.05, 3.63) is 129 Å². The van der Waals surface area contributed by atoms with Crippen LogP contribution in [0.25, 0.3) is 0 Å². The second-order valence-electron chi connectivity index (χ2n) is 12.0. The van der Waals surface area contributed by atoms with Crippen molar-refractivity contribution < 1.29 is 18.0 Å². The minimum Gasteiger partial charge on any atom is -0.350 e. The van der Waals surface area contributed by atoms with Crippen molar-refractivity contribution in [1.82, 2.24) is 10.2 Å². The Balaban J connectivity index is 1.86. The number of carbonyl (C=O) groups is 2. The molecule has 0 spiro atoms. The van der Waals surface area contributed by atoms with Crippen molar-refractivity contribution in [2.24, 2.45) is 0 Å². The lowest BCUT2D eigenvalue weighted by molar-refractivity contribution is -0.140. The molecule has 1 atom stereocenters. The minimum absolute atomic E-state index is 0.00996. The molecule has 0 saturated heterocycles. The standard InChI is InChI=1S/C35H36Cl3N3O4S/c1-24-19-27(36)17-18-31(24)41(46(44,45)29-13-9-6-10-14-29)23-33(42)40(22-26-15-16-28(37)21-30(26)38)32(34(43)39-35(2,3)4)20-25-11-7-5-8-12-25/h5-19,21,32H,20,22-23H2,1-4H3,(H,39,43)/t32-/m1/s1. The van der Waals surface area contributed by atoms with E-state index in [1.807, 2.05) is 51.1 Å². The Labute approximate surface area is 286 Å². The third-order valence-electron chi connectivity index (χ3n) is 7.16. The predicted octanol–water partition coefficient (Wildman–Crippen LogP) is 7.71. The fraction of sp³-hybridized carbons (Fsp3) is 0.257. The maximum Gasteiger partial charge on any atom is 0.264 e. The van der Waals surface area contributed by atoms with Crippen molar-refractivity contribution >= 4 is 62.3 Å². The van der Waals surface area contributed by atoms with Crippen molar-refractivity contribution in [1.29, 1.82) is 0 Å². The van der Waals surface area contributed by atoms with Crippen molar-refractivity contribution in [3.8, 4) is 0 Å². The van der Waals surface area contributed by atoms with Gasteiger partial charge in [-0.3, -0.25) is 13.9 Å². The molecule has 0 unspecified atom stereocenters. The van der Waals surface area contributed by atoms with Gasteiger partial charge in [-0.05, 0) is 86.8 Å². The van der Waals surface area contributed by atoms with E-state index in [2.05, 4.69) is 5.32 Å². The maximum absolute atomic E-state index is 14.6. The summed E-state index contributed by atoms with van der Waals surface area (Å²) in [6, 6.07) is 25.9. The summed E-state index contributed by atoms with van der Waals surface area (Å²) >= 11 is 19.0. The molecule has 4 rings (SSSR count). The zero-order valence-corrected chi connectivity index (χ0v) is 29.1. The summed E-state index contributed by atoms with van der Waals surface area (Å²) in [4.78, 5) is 30.0. The summed E-state index contributed by atoms with van der Waals surface area (Å²) in [6.45, 7) is 6.60. The number of hydrogen-bond donors (Lipinski definition) is 1. The third kappa shape index (κ3) is 9.04. The summed E-state index contributed by atoms with van der Waals surface area (Å²) < 4.78 is 29.4. The van der Waals surface area contributed by atoms with E-state index in [4.69, 9.17) is 34.8 Å². The van der Waals surface area contributed by atoms with Crippen molar-refractivity contribution in [2.75, 3.05) is 10.8 Å². The van der Waals surface area contributed by atoms with E-state index >= 15 is 0 Å². The van der Waals surface area contributed by atoms with E-state index in [9.17, 15) is 18.0 Å². The number of amides is 2. The first-order chi connectivity index (χ1) is 21.7. The number of rotatable bonds is 11. The van der Waals surface area contributed by atoms with Crippen LogP contribution in [-0.2, 0) is 32.6 Å². The zero-order chi connectivity index (χ0) is 33.6. The molecule has 46 heavy (non-hydrogen) atoms. The number of aryl methyl sites for hydroxylation is 1. The van der Waals surface area contributed by atoms with Gasteiger partial charge in [0.15, 0.2) is 0 Å². The molecule has 4 aromatic rings. The van der Waals surface area contributed by atoms with Gasteiger partial charge < -0.3 is 10.2 Å². The van der Waals surface area contributed by atoms with Crippen LogP contribution >= 0.6 is 34.8 Å². The van der Waals surface area contributed by atoms with Gasteiger partial charge in [0.1, 0.15) is 12.6 Å². The highest BCUT2D eigenvalue weighted by molar-refractivity contribution is 7.92. The highest BCUT2D eigenvalue weighted by atomic mass is 35.5. The topological polar surface area (TPSA) is 86.8 Å². The molecule has 0 saturated carbocycles. The van der Waals surface area contributed by atoms with Gasteiger partial charge in [-0.1, -0.05) is 89.4 Å². The Kier molecular flexibility index (Phi) is 11.4. The van der Waals surface area contributed by atoms with Crippen LogP contribution in [0.2, 0.25) is 15.1 Å². The number of sulfonamides is 1. The average Bonchev–Trinajstić information content (AvgIpc) is 2.99. The molecular formula is C35H36Cl3N3O4S. The molecule has 0 bridgehead atoms. The number of nitrogens with zero attached hydrogens (tertiary/aromatic N) is 2. The van der Waals surface area contributed by atoms with Gasteiger partial charge in [0.05, 0.1) is 10.6 Å². The van der Waals surface area contributed by atoms with Gasteiger partial charge in [0, 0.05) is 33.6 Å². The highest BCUT2D eigenvalue weighted by Crippen LogP contribution is 2.30. The summed E-state index contributed by atoms with van der Waals surface area (Å²) in [5, 5.41) is 4.15. The molecule has 0 aliphatic heterocycles. The largest absolute Gasteiger partial charge is 0.350 e. The molecule has 0 fully saturated rings. The predicted molar refractivity (Wildman–Crippen MR) is 186 cm³/mol. The van der Waals surface area contributed by atoms with Crippen LogP contribution in [-0.4, -0.2) is 43.3 Å². The van der Waals surface area contributed by atoms with E-state index in [0.29, 0.717) is 26.2 Å². The molecule has 1 N–H and O–H groups in total. The Hall–Kier alpha value is -3.56. The zero-order valence-electron chi connectivity index (χ0n) is 26.0. The molecule has 0 radical (unpaired) electrons. The third-order valence-corrected chi connectivity index (χ3v) is 9.76. The van der Waals surface area contributed by atoms with Gasteiger partial charge in [-0.15, -0.1) is 0 Å². The second kappa shape index (κ2) is 14.9. The molecule has 0 aliphatic rings. The van der Waals surface area contributed by atoms with Crippen LogP contribution in [0.15, 0.2) is 102 Å². The van der Waals surface area contributed by atoms with Crippen LogP contribution in [0, 0.1) is 6.92 Å². The van der Waals surface area contributed by atoms with E-state index in [0.717, 1.165) is 9.87 Å². The molecule has 0 aromatic heterocycles. The number of benzene rings is 4. The monoisotopic (exact) mass is 699 g/mol. The molecule has 2 amide bonds. The van der Waals surface area contributed by atoms with Gasteiger partial charge in [0.25, 0.3) is 10.0 Å². The first-order valence-electron chi connectivity index (χ1n) is 14.6. The van der Waals surface area contributed by atoms with Crippen molar-refractivity contribution in [2.45, 2.75) is 57.1 Å². The summed E-state index contributed by atoms with van der Waals surface area (Å²) in [5.41, 5.74) is 1.59. The van der Waals surface area contributed by atoms with Gasteiger partial charge in [-0.2, -0.15) is 0 Å². The number of halogens is 3. The first-order valence-corrected chi connectivity index (χ1v) is 17.2. The second-order valence-corrected chi connectivity index (χ2v) is 15.1. The number of nitrogens with one attached hydrogen (secondary N) is 1. The smallest absolute Gasteiger partial charge is 0.264 e. The Morgan fingerprint density at radius 2 is 1.41 bits per heavy atom. The van der Waals surface area contributed by atoms with Crippen molar-refractivity contribution in [3.63, 3.8) is 0 Å². The summed E-state index contributed by atoms with van der Waals surface area (Å²) in [5.74, 6) is -1.00. The van der Waals surface area contributed by atoms with Crippen LogP contribution in [0.3, 0.4) is 0 Å². The molecule has 11 heteroatoms. The SMILES string of the molecule is Cc1cc(Cl)ccc1N(CC(=O)N(Cc1ccc(Cl)cc1Cl)[C@H](Cc1ccccc1)C(=O)NC(C)(C)C)S(=O)(=O)c1ccccc1. The molecule has 0 heterocycles. The fourth-order valence-corrected chi connectivity index (χ4v) is 7.17. The van der Waals surface area contributed by atoms with E-state index < -0.39 is 40.0 Å². The lowest BCUT2D eigenvalue weighted by Gasteiger charge is -2.35. The Morgan fingerprint density at radius 3 is 2.00 bits per heavy atom. The molecular weight excluding hydrogens is 665 g/mol. The van der Waals surface area contributed by atoms with E-state index in [1.54, 1.807) is 61.5 Å². The maximum atomic E-state index is 14.6. The Bertz CT molecular complexity index is 1800. The van der Waals surface area contributed by atoms with E-state index in [-0.39, 0.29) is 23.5 Å². The van der Waals surface area contributed by atoms with Crippen LogP contribution in [0.5, 0.6) is 0 Å². The fourth-order valence-electron chi connectivity index (χ4n) is 4.97. The average molecular weight is 701 g/mol. The molecule has 4 aromatic carbocycles. The van der Waals surface area contributed by atoms with Gasteiger partial charge in [-0.25, -0.2) is 8.42 Å². The molecule has 242 valence electrons. The van der Waals surface area contributed by atoms with Gasteiger partial charge >= 0.3 is 0 Å². The van der Waals surface area contributed by atoms with Gasteiger partial charge in [0.2, 0.25) is 11.8 Å². The molecule has 0 aliphatic carbocycles. The van der Waals surface area contributed by atoms with Crippen LogP contribution < -0.4 is 9.62 Å². The highest BCUT2D eigenvalue weighted by Gasteiger charge is 2.36. The molecule has 7 nitrogen and oxygen atoms in total.